The lowest BCUT2D eigenvalue weighted by Crippen LogP contribution is -2.49. The fourth-order valence-corrected chi connectivity index (χ4v) is 2.59. The van der Waals surface area contributed by atoms with Crippen molar-refractivity contribution < 1.29 is 19.0 Å². The van der Waals surface area contributed by atoms with Crippen molar-refractivity contribution in [3.05, 3.63) is 29.8 Å². The Labute approximate surface area is 144 Å². The van der Waals surface area contributed by atoms with Gasteiger partial charge in [0.15, 0.2) is 11.5 Å². The van der Waals surface area contributed by atoms with Crippen LogP contribution in [0, 0.1) is 0 Å². The van der Waals surface area contributed by atoms with Gasteiger partial charge in [-0.25, -0.2) is 0 Å². The fraction of sp³-hybridized carbons (Fsp3) is 0.526. The number of carbonyl (C=O) groups excluding carboxylic acids is 1. The number of morpholine rings is 1. The summed E-state index contributed by atoms with van der Waals surface area (Å²) in [6.07, 6.45) is 4.43. The second kappa shape index (κ2) is 8.73. The lowest BCUT2D eigenvalue weighted by molar-refractivity contribution is -0.137. The van der Waals surface area contributed by atoms with Crippen molar-refractivity contribution >= 4 is 12.0 Å². The molecule has 0 spiro atoms. The van der Waals surface area contributed by atoms with Gasteiger partial charge in [-0.1, -0.05) is 13.0 Å². The zero-order valence-electron chi connectivity index (χ0n) is 15.0. The number of nitrogens with zero attached hydrogens (tertiary/aromatic N) is 1. The summed E-state index contributed by atoms with van der Waals surface area (Å²) in [5, 5.41) is 0. The summed E-state index contributed by atoms with van der Waals surface area (Å²) in [6, 6.07) is 5.76. The van der Waals surface area contributed by atoms with Crippen LogP contribution >= 0.6 is 0 Å². The summed E-state index contributed by atoms with van der Waals surface area (Å²) < 4.78 is 16.6. The molecule has 2 unspecified atom stereocenters. The number of carbonyl (C=O) groups is 1. The van der Waals surface area contributed by atoms with Gasteiger partial charge in [-0.2, -0.15) is 0 Å². The first-order chi connectivity index (χ1) is 11.5. The van der Waals surface area contributed by atoms with E-state index in [2.05, 4.69) is 6.92 Å². The van der Waals surface area contributed by atoms with Crippen molar-refractivity contribution in [3.63, 3.8) is 0 Å². The van der Waals surface area contributed by atoms with E-state index < -0.39 is 0 Å². The molecule has 132 valence electrons. The minimum Gasteiger partial charge on any atom is -0.493 e. The monoisotopic (exact) mass is 333 g/mol. The Kier molecular flexibility index (Phi) is 6.67. The number of amides is 1. The molecular weight excluding hydrogens is 306 g/mol. The minimum absolute atomic E-state index is 0.00271. The highest BCUT2D eigenvalue weighted by molar-refractivity contribution is 5.92. The third-order valence-corrected chi connectivity index (χ3v) is 3.96. The molecule has 0 bridgehead atoms. The maximum absolute atomic E-state index is 12.4. The molecule has 1 amide bonds. The van der Waals surface area contributed by atoms with Crippen LogP contribution in [0.3, 0.4) is 0 Å². The molecule has 0 N–H and O–H groups in total. The van der Waals surface area contributed by atoms with Gasteiger partial charge in [0.1, 0.15) is 0 Å². The van der Waals surface area contributed by atoms with Crippen LogP contribution in [0.5, 0.6) is 11.5 Å². The number of methoxy groups -OCH3 is 1. The van der Waals surface area contributed by atoms with Gasteiger partial charge < -0.3 is 19.1 Å². The lowest BCUT2D eigenvalue weighted by atomic mass is 10.1. The van der Waals surface area contributed by atoms with E-state index in [0.29, 0.717) is 25.5 Å². The Balaban J connectivity index is 2.06. The average molecular weight is 333 g/mol. The van der Waals surface area contributed by atoms with Gasteiger partial charge in [0.25, 0.3) is 0 Å². The molecule has 1 saturated heterocycles. The zero-order valence-corrected chi connectivity index (χ0v) is 15.0. The van der Waals surface area contributed by atoms with Crippen LogP contribution in [0.4, 0.5) is 0 Å². The summed E-state index contributed by atoms with van der Waals surface area (Å²) in [6.45, 7) is 7.89. The largest absolute Gasteiger partial charge is 0.493 e. The highest BCUT2D eigenvalue weighted by atomic mass is 16.5. The number of benzene rings is 1. The van der Waals surface area contributed by atoms with Crippen molar-refractivity contribution in [2.75, 3.05) is 26.9 Å². The van der Waals surface area contributed by atoms with E-state index in [4.69, 9.17) is 14.2 Å². The molecule has 5 nitrogen and oxygen atoms in total. The predicted octanol–water partition coefficient (Wildman–Crippen LogP) is 3.13. The van der Waals surface area contributed by atoms with Crippen LogP contribution in [0.15, 0.2) is 24.3 Å². The smallest absolute Gasteiger partial charge is 0.246 e. The summed E-state index contributed by atoms with van der Waals surface area (Å²) in [4.78, 5) is 14.3. The fourth-order valence-electron chi connectivity index (χ4n) is 2.59. The van der Waals surface area contributed by atoms with Gasteiger partial charge in [-0.15, -0.1) is 0 Å². The van der Waals surface area contributed by atoms with Crippen LogP contribution in [0.1, 0.15) is 32.8 Å². The summed E-state index contributed by atoms with van der Waals surface area (Å²) in [7, 11) is 1.61. The standard InChI is InChI=1S/C19H27NO4/c1-5-10-23-17-8-6-16(11-18(17)22-4)7-9-19(21)20-12-15(3)24-13-14(20)2/h6-9,11,14-15H,5,10,12-13H2,1-4H3/b9-7+. The number of ether oxygens (including phenoxy) is 3. The van der Waals surface area contributed by atoms with Crippen LogP contribution in [-0.4, -0.2) is 49.8 Å². The third-order valence-electron chi connectivity index (χ3n) is 3.96. The van der Waals surface area contributed by atoms with E-state index in [1.165, 1.54) is 0 Å². The second-order valence-electron chi connectivity index (χ2n) is 6.08. The first-order valence-corrected chi connectivity index (χ1v) is 8.46. The molecule has 5 heteroatoms. The van der Waals surface area contributed by atoms with Crippen molar-refractivity contribution in [2.24, 2.45) is 0 Å². The van der Waals surface area contributed by atoms with E-state index >= 15 is 0 Å². The number of rotatable bonds is 6. The van der Waals surface area contributed by atoms with E-state index in [1.807, 2.05) is 36.9 Å². The quantitative estimate of drug-likeness (QED) is 0.751. The number of hydrogen-bond donors (Lipinski definition) is 0. The maximum atomic E-state index is 12.4. The summed E-state index contributed by atoms with van der Waals surface area (Å²) >= 11 is 0. The Morgan fingerprint density at radius 1 is 1.38 bits per heavy atom. The van der Waals surface area contributed by atoms with Gasteiger partial charge in [-0.05, 0) is 44.0 Å². The molecule has 0 aliphatic carbocycles. The normalized spacial score (nSPS) is 21.1. The van der Waals surface area contributed by atoms with Gasteiger partial charge in [-0.3, -0.25) is 4.79 Å². The Bertz CT molecular complexity index is 585. The molecule has 1 aromatic rings. The average Bonchev–Trinajstić information content (AvgIpc) is 2.60. The van der Waals surface area contributed by atoms with Gasteiger partial charge in [0, 0.05) is 12.6 Å². The van der Waals surface area contributed by atoms with E-state index in [9.17, 15) is 4.79 Å². The van der Waals surface area contributed by atoms with Gasteiger partial charge in [0.05, 0.1) is 32.5 Å². The molecule has 2 rings (SSSR count). The van der Waals surface area contributed by atoms with Gasteiger partial charge >= 0.3 is 0 Å². The molecule has 0 saturated carbocycles. The molecule has 1 heterocycles. The topological polar surface area (TPSA) is 48.0 Å². The molecule has 1 aromatic carbocycles. The SMILES string of the molecule is CCCOc1ccc(/C=C/C(=O)N2CC(C)OCC2C)cc1OC. The lowest BCUT2D eigenvalue weighted by Gasteiger charge is -2.36. The summed E-state index contributed by atoms with van der Waals surface area (Å²) in [5.41, 5.74) is 0.901. The van der Waals surface area contributed by atoms with Crippen LogP contribution in [0.2, 0.25) is 0 Å². The Morgan fingerprint density at radius 2 is 2.17 bits per heavy atom. The van der Waals surface area contributed by atoms with Crippen molar-refractivity contribution in [1.29, 1.82) is 0 Å². The minimum atomic E-state index is 0.00271. The summed E-state index contributed by atoms with van der Waals surface area (Å²) in [5.74, 6) is 1.40. The predicted molar refractivity (Wildman–Crippen MR) is 94.4 cm³/mol. The molecule has 1 aliphatic rings. The molecule has 0 aromatic heterocycles. The van der Waals surface area contributed by atoms with Crippen molar-refractivity contribution in [3.8, 4) is 11.5 Å². The highest BCUT2D eigenvalue weighted by Crippen LogP contribution is 2.28. The Hall–Kier alpha value is -2.01. The number of hydrogen-bond acceptors (Lipinski definition) is 4. The molecule has 24 heavy (non-hydrogen) atoms. The highest BCUT2D eigenvalue weighted by Gasteiger charge is 2.25. The Morgan fingerprint density at radius 3 is 2.88 bits per heavy atom. The van der Waals surface area contributed by atoms with Crippen LogP contribution in [-0.2, 0) is 9.53 Å². The van der Waals surface area contributed by atoms with E-state index in [0.717, 1.165) is 17.7 Å². The van der Waals surface area contributed by atoms with Crippen LogP contribution < -0.4 is 9.47 Å². The molecule has 0 radical (unpaired) electrons. The molecule has 2 atom stereocenters. The van der Waals surface area contributed by atoms with E-state index in [1.54, 1.807) is 19.3 Å². The molecular formula is C19H27NO4. The van der Waals surface area contributed by atoms with Crippen LogP contribution in [0.25, 0.3) is 6.08 Å². The van der Waals surface area contributed by atoms with Crippen molar-refractivity contribution in [2.45, 2.75) is 39.3 Å². The zero-order chi connectivity index (χ0) is 17.5. The first-order valence-electron chi connectivity index (χ1n) is 8.46. The van der Waals surface area contributed by atoms with Crippen molar-refractivity contribution in [1.82, 2.24) is 4.90 Å². The van der Waals surface area contributed by atoms with Gasteiger partial charge in [0.2, 0.25) is 5.91 Å². The second-order valence-corrected chi connectivity index (χ2v) is 6.08. The molecule has 1 aliphatic heterocycles. The molecule has 1 fully saturated rings. The van der Waals surface area contributed by atoms with E-state index in [-0.39, 0.29) is 18.1 Å². The third kappa shape index (κ3) is 4.74. The maximum Gasteiger partial charge on any atom is 0.246 e. The first kappa shape index (κ1) is 18.3.